The number of hydrogen-bond donors (Lipinski definition) is 3. The summed E-state index contributed by atoms with van der Waals surface area (Å²) in [5, 5.41) is 21.5. The number of phenolic OH excluding ortho intramolecular Hbond substituents is 1. The maximum absolute atomic E-state index is 13.9. The van der Waals surface area contributed by atoms with Crippen molar-refractivity contribution in [2.24, 2.45) is 10.2 Å². The molecule has 0 bridgehead atoms. The number of nitrogens with one attached hydrogen (secondary N) is 1. The van der Waals surface area contributed by atoms with Gasteiger partial charge in [0.15, 0.2) is 0 Å². The van der Waals surface area contributed by atoms with E-state index in [1.165, 1.54) is 41.6 Å². The van der Waals surface area contributed by atoms with Gasteiger partial charge in [-0.05, 0) is 60.8 Å². The average Bonchev–Trinajstić information content (AvgIpc) is 2.88. The fourth-order valence-electron chi connectivity index (χ4n) is 4.06. The number of para-hydroxylation sites is 1. The Morgan fingerprint density at radius 3 is 2.29 bits per heavy atom. The number of azo groups is 1. The van der Waals surface area contributed by atoms with Gasteiger partial charge in [-0.25, -0.2) is 16.8 Å². The number of aromatic hydroxyl groups is 1. The number of sulfonamides is 1. The normalized spacial score (nSPS) is 11.8. The monoisotopic (exact) mass is 605 g/mol. The first-order valence-electron chi connectivity index (χ1n) is 11.7. The number of amides is 1. The second kappa shape index (κ2) is 12.5. The minimum Gasteiger partial charge on any atom is -0.744 e. The van der Waals surface area contributed by atoms with E-state index in [0.717, 1.165) is 12.1 Å². The summed E-state index contributed by atoms with van der Waals surface area (Å²) in [4.78, 5) is 10.7. The Morgan fingerprint density at radius 2 is 1.68 bits per heavy atom. The molecule has 0 saturated carbocycles. The van der Waals surface area contributed by atoms with E-state index in [2.05, 4.69) is 15.5 Å². The summed E-state index contributed by atoms with van der Waals surface area (Å²) in [5.41, 5.74) is 6.56. The van der Waals surface area contributed by atoms with Crippen molar-refractivity contribution < 1.29 is 60.8 Å². The molecule has 0 spiro atoms. The van der Waals surface area contributed by atoms with E-state index < -0.39 is 36.7 Å². The molecule has 0 heterocycles. The van der Waals surface area contributed by atoms with Gasteiger partial charge in [-0.1, -0.05) is 24.3 Å². The Morgan fingerprint density at radius 1 is 1.00 bits per heavy atom. The van der Waals surface area contributed by atoms with Crippen LogP contribution in [0.4, 0.5) is 28.4 Å². The Balaban J connectivity index is 0.00000462. The van der Waals surface area contributed by atoms with E-state index in [0.29, 0.717) is 5.69 Å². The van der Waals surface area contributed by atoms with Gasteiger partial charge in [0.25, 0.3) is 10.0 Å². The van der Waals surface area contributed by atoms with Crippen LogP contribution in [-0.2, 0) is 24.9 Å². The maximum atomic E-state index is 13.9. The predicted octanol–water partition coefficient (Wildman–Crippen LogP) is 1.62. The van der Waals surface area contributed by atoms with Crippen LogP contribution in [0, 0.1) is 0 Å². The molecule has 0 fully saturated rings. The minimum absolute atomic E-state index is 0. The molecule has 0 aliphatic rings. The Kier molecular flexibility index (Phi) is 9.79. The minimum atomic E-state index is -4.86. The summed E-state index contributed by atoms with van der Waals surface area (Å²) in [5.74, 6) is -0.991. The third kappa shape index (κ3) is 6.86. The molecule has 1 amide bonds. The number of carbonyl (C=O) groups excluding carboxylic acids is 1. The molecule has 0 unspecified atom stereocenters. The first-order valence-corrected chi connectivity index (χ1v) is 14.6. The molecule has 4 aromatic carbocycles. The molecule has 4 rings (SSSR count). The summed E-state index contributed by atoms with van der Waals surface area (Å²) in [6.07, 6.45) is 0. The average molecular weight is 606 g/mol. The summed E-state index contributed by atoms with van der Waals surface area (Å²) in [6, 6.07) is 17.1. The van der Waals surface area contributed by atoms with Gasteiger partial charge in [0.1, 0.15) is 32.1 Å². The number of phenols is 1. The van der Waals surface area contributed by atoms with Crippen molar-refractivity contribution in [3.63, 3.8) is 0 Å². The van der Waals surface area contributed by atoms with E-state index in [1.54, 1.807) is 37.3 Å². The van der Waals surface area contributed by atoms with Gasteiger partial charge in [0.2, 0.25) is 5.91 Å². The quantitative estimate of drug-likeness (QED) is 0.117. The predicted molar refractivity (Wildman–Crippen MR) is 150 cm³/mol. The van der Waals surface area contributed by atoms with Crippen molar-refractivity contribution in [2.45, 2.75) is 23.6 Å². The number of rotatable bonds is 8. The zero-order chi connectivity index (χ0) is 29.2. The molecule has 208 valence electrons. The molecule has 12 nitrogen and oxygen atoms in total. The standard InChI is InChI=1S/C26H25N5O7S2.Na/c1-3-31(19-7-5-4-6-8-19)39(34,35)24-14-18(28-16(2)32)10-12-22(24)29-30-26-21(27)11-9-17-13-20(40(36,37)38)15-23(33)25(17)26;/h4-15,33H,3,27H2,1-2H3,(H,28,32)(H,36,37,38);/q;+1/p-1. The summed E-state index contributed by atoms with van der Waals surface area (Å²) in [6.45, 7) is 3.03. The maximum Gasteiger partial charge on any atom is 1.00 e. The Labute approximate surface area is 259 Å². The number of anilines is 3. The molecule has 0 aromatic heterocycles. The topological polar surface area (TPSA) is 195 Å². The van der Waals surface area contributed by atoms with Crippen molar-refractivity contribution in [2.75, 3.05) is 21.9 Å². The first-order chi connectivity index (χ1) is 18.8. The van der Waals surface area contributed by atoms with Gasteiger partial charge < -0.3 is 20.7 Å². The number of carbonyl (C=O) groups is 1. The molecule has 4 aromatic rings. The number of benzene rings is 4. The molecule has 0 aliphatic heterocycles. The van der Waals surface area contributed by atoms with Crippen LogP contribution in [0.5, 0.6) is 5.75 Å². The summed E-state index contributed by atoms with van der Waals surface area (Å²) >= 11 is 0. The van der Waals surface area contributed by atoms with Crippen LogP contribution in [-0.4, -0.2) is 38.9 Å². The van der Waals surface area contributed by atoms with Crippen LogP contribution in [0.15, 0.2) is 92.8 Å². The second-order valence-electron chi connectivity index (χ2n) is 8.57. The number of fused-ring (bicyclic) bond motifs is 1. The fraction of sp³-hybridized carbons (Fsp3) is 0.115. The largest absolute Gasteiger partial charge is 1.00 e. The number of nitrogen functional groups attached to an aromatic ring is 1. The van der Waals surface area contributed by atoms with E-state index in [1.807, 2.05) is 0 Å². The van der Waals surface area contributed by atoms with Crippen LogP contribution in [0.3, 0.4) is 0 Å². The van der Waals surface area contributed by atoms with E-state index in [9.17, 15) is 31.3 Å². The fourth-order valence-corrected chi connectivity index (χ4v) is 6.21. The number of hydrogen-bond acceptors (Lipinski definition) is 10. The van der Waals surface area contributed by atoms with Crippen LogP contribution >= 0.6 is 0 Å². The molecule has 41 heavy (non-hydrogen) atoms. The van der Waals surface area contributed by atoms with Gasteiger partial charge >= 0.3 is 29.6 Å². The molecule has 15 heteroatoms. The van der Waals surface area contributed by atoms with Gasteiger partial charge in [-0.2, -0.15) is 0 Å². The van der Waals surface area contributed by atoms with Crippen molar-refractivity contribution in [3.8, 4) is 5.75 Å². The van der Waals surface area contributed by atoms with Crippen molar-refractivity contribution in [1.29, 1.82) is 0 Å². The summed E-state index contributed by atoms with van der Waals surface area (Å²) in [7, 11) is -9.09. The molecular weight excluding hydrogens is 581 g/mol. The SMILES string of the molecule is CCN(c1ccccc1)S(=O)(=O)c1cc(NC(C)=O)ccc1N=Nc1c(N)ccc2cc(S(=O)(=O)[O-])cc(O)c12.[Na+]. The van der Waals surface area contributed by atoms with Gasteiger partial charge in [0, 0.05) is 19.2 Å². The van der Waals surface area contributed by atoms with Crippen LogP contribution in [0.25, 0.3) is 10.8 Å². The van der Waals surface area contributed by atoms with Crippen molar-refractivity contribution in [3.05, 3.63) is 72.8 Å². The molecular formula is C26H24N5NaO7S2. The Hall–Kier alpha value is -3.53. The van der Waals surface area contributed by atoms with Crippen molar-refractivity contribution in [1.82, 2.24) is 0 Å². The zero-order valence-corrected chi connectivity index (χ0v) is 25.9. The molecule has 4 N–H and O–H groups in total. The zero-order valence-electron chi connectivity index (χ0n) is 22.3. The number of nitrogens with two attached hydrogens (primary N) is 1. The second-order valence-corrected chi connectivity index (χ2v) is 11.8. The molecule has 0 radical (unpaired) electrons. The van der Waals surface area contributed by atoms with E-state index in [4.69, 9.17) is 5.73 Å². The van der Waals surface area contributed by atoms with Gasteiger partial charge in [0.05, 0.1) is 21.7 Å². The van der Waals surface area contributed by atoms with E-state index in [-0.39, 0.29) is 74.5 Å². The summed E-state index contributed by atoms with van der Waals surface area (Å²) < 4.78 is 63.3. The van der Waals surface area contributed by atoms with Crippen LogP contribution in [0.2, 0.25) is 0 Å². The van der Waals surface area contributed by atoms with E-state index >= 15 is 0 Å². The third-order valence-corrected chi connectivity index (χ3v) is 8.55. The van der Waals surface area contributed by atoms with Crippen molar-refractivity contribution >= 4 is 65.3 Å². The van der Waals surface area contributed by atoms with Crippen LogP contribution in [0.1, 0.15) is 13.8 Å². The van der Waals surface area contributed by atoms with Gasteiger partial charge in [-0.15, -0.1) is 10.2 Å². The Bertz CT molecular complexity index is 1870. The third-order valence-electron chi connectivity index (χ3n) is 5.80. The van der Waals surface area contributed by atoms with Gasteiger partial charge in [-0.3, -0.25) is 9.10 Å². The first kappa shape index (κ1) is 32.0. The molecule has 0 saturated heterocycles. The smallest absolute Gasteiger partial charge is 0.744 e. The molecule has 0 aliphatic carbocycles. The number of nitrogens with zero attached hydrogens (tertiary/aromatic N) is 3. The van der Waals surface area contributed by atoms with Crippen LogP contribution < -0.4 is 44.9 Å². The molecule has 0 atom stereocenters.